The number of hydrogen-bond donors (Lipinski definition) is 0. The SMILES string of the molecule is ClC(Cc1cccc2ccccc12)c1cc(Br)c(Br)s1. The third kappa shape index (κ3) is 2.96. The molecule has 0 N–H and O–H groups in total. The average Bonchev–Trinajstić information content (AvgIpc) is 2.79. The van der Waals surface area contributed by atoms with E-state index in [0.717, 1.165) is 14.7 Å². The van der Waals surface area contributed by atoms with E-state index in [4.69, 9.17) is 11.6 Å². The van der Waals surface area contributed by atoms with Gasteiger partial charge in [-0.25, -0.2) is 0 Å². The molecule has 1 heterocycles. The van der Waals surface area contributed by atoms with Crippen molar-refractivity contribution in [1.29, 1.82) is 0 Å². The van der Waals surface area contributed by atoms with E-state index in [0.29, 0.717) is 0 Å². The number of halogens is 3. The van der Waals surface area contributed by atoms with Gasteiger partial charge in [-0.3, -0.25) is 0 Å². The van der Waals surface area contributed by atoms with E-state index in [9.17, 15) is 0 Å². The van der Waals surface area contributed by atoms with Gasteiger partial charge in [0, 0.05) is 9.35 Å². The minimum Gasteiger partial charge on any atom is -0.130 e. The number of thiophene rings is 1. The first kappa shape index (κ1) is 14.6. The second-order valence-electron chi connectivity index (χ2n) is 4.58. The highest BCUT2D eigenvalue weighted by Crippen LogP contribution is 2.39. The summed E-state index contributed by atoms with van der Waals surface area (Å²) in [7, 11) is 0. The van der Waals surface area contributed by atoms with E-state index >= 15 is 0 Å². The van der Waals surface area contributed by atoms with Crippen molar-refractivity contribution in [3.8, 4) is 0 Å². The van der Waals surface area contributed by atoms with Gasteiger partial charge in [0.25, 0.3) is 0 Å². The van der Waals surface area contributed by atoms with Gasteiger partial charge >= 0.3 is 0 Å². The predicted octanol–water partition coefficient (Wildman–Crippen LogP) is 6.95. The van der Waals surface area contributed by atoms with E-state index in [1.165, 1.54) is 21.2 Å². The topological polar surface area (TPSA) is 0 Å². The van der Waals surface area contributed by atoms with Gasteiger partial charge in [-0.05, 0) is 60.7 Å². The van der Waals surface area contributed by atoms with Crippen LogP contribution >= 0.6 is 54.8 Å². The quantitative estimate of drug-likeness (QED) is 0.395. The van der Waals surface area contributed by atoms with Crippen LogP contribution in [0, 0.1) is 0 Å². The van der Waals surface area contributed by atoms with E-state index in [2.05, 4.69) is 80.4 Å². The number of fused-ring (bicyclic) bond motifs is 1. The van der Waals surface area contributed by atoms with Gasteiger partial charge in [0.15, 0.2) is 0 Å². The maximum Gasteiger partial charge on any atom is 0.0843 e. The van der Waals surface area contributed by atoms with Gasteiger partial charge < -0.3 is 0 Å². The van der Waals surface area contributed by atoms with Crippen molar-refractivity contribution in [3.05, 3.63) is 67.2 Å². The van der Waals surface area contributed by atoms with Crippen molar-refractivity contribution in [1.82, 2.24) is 0 Å². The van der Waals surface area contributed by atoms with Crippen molar-refractivity contribution in [3.63, 3.8) is 0 Å². The molecule has 0 aliphatic heterocycles. The maximum atomic E-state index is 6.60. The van der Waals surface area contributed by atoms with Crippen LogP contribution in [0.5, 0.6) is 0 Å². The molecule has 3 rings (SSSR count). The van der Waals surface area contributed by atoms with Crippen molar-refractivity contribution in [2.24, 2.45) is 0 Å². The normalized spacial score (nSPS) is 12.8. The smallest absolute Gasteiger partial charge is 0.0843 e. The Morgan fingerprint density at radius 2 is 1.80 bits per heavy atom. The fourth-order valence-corrected chi connectivity index (χ4v) is 4.71. The Balaban J connectivity index is 1.93. The molecule has 2 aromatic carbocycles. The first-order valence-corrected chi connectivity index (χ1v) is 9.04. The van der Waals surface area contributed by atoms with Crippen LogP contribution in [0.2, 0.25) is 0 Å². The lowest BCUT2D eigenvalue weighted by atomic mass is 10.0. The molecule has 3 aromatic rings. The largest absolute Gasteiger partial charge is 0.130 e. The summed E-state index contributed by atoms with van der Waals surface area (Å²) < 4.78 is 2.16. The summed E-state index contributed by atoms with van der Waals surface area (Å²) >= 11 is 15.3. The first-order chi connectivity index (χ1) is 9.65. The Labute approximate surface area is 144 Å². The average molecular weight is 431 g/mol. The fourth-order valence-electron chi connectivity index (χ4n) is 2.28. The van der Waals surface area contributed by atoms with Crippen LogP contribution in [0.25, 0.3) is 10.8 Å². The van der Waals surface area contributed by atoms with E-state index in [1.54, 1.807) is 11.3 Å². The molecule has 102 valence electrons. The molecule has 1 atom stereocenters. The standard InChI is InChI=1S/C16H11Br2ClS/c17-13-9-15(20-16(13)18)14(19)8-11-6-3-5-10-4-1-2-7-12(10)11/h1-7,9,14H,8H2. The highest BCUT2D eigenvalue weighted by molar-refractivity contribution is 9.13. The summed E-state index contributed by atoms with van der Waals surface area (Å²) in [6.45, 7) is 0. The molecule has 0 amide bonds. The summed E-state index contributed by atoms with van der Waals surface area (Å²) in [5.41, 5.74) is 1.30. The monoisotopic (exact) mass is 428 g/mol. The van der Waals surface area contributed by atoms with Crippen molar-refractivity contribution in [2.75, 3.05) is 0 Å². The van der Waals surface area contributed by atoms with Crippen LogP contribution in [0.1, 0.15) is 15.8 Å². The van der Waals surface area contributed by atoms with Crippen molar-refractivity contribution < 1.29 is 0 Å². The summed E-state index contributed by atoms with van der Waals surface area (Å²) in [5.74, 6) is 0. The molecule has 0 nitrogen and oxygen atoms in total. The second-order valence-corrected chi connectivity index (χ2v) is 8.36. The van der Waals surface area contributed by atoms with Crippen LogP contribution in [0.15, 0.2) is 56.8 Å². The van der Waals surface area contributed by atoms with E-state index < -0.39 is 0 Å². The minimum absolute atomic E-state index is 0.00611. The summed E-state index contributed by atoms with van der Waals surface area (Å²) in [6, 6.07) is 16.9. The molecular formula is C16H11Br2ClS. The summed E-state index contributed by atoms with van der Waals surface area (Å²) in [5, 5.41) is 2.55. The third-order valence-corrected chi connectivity index (χ3v) is 7.14. The number of hydrogen-bond acceptors (Lipinski definition) is 1. The van der Waals surface area contributed by atoms with Gasteiger partial charge in [0.2, 0.25) is 0 Å². The lowest BCUT2D eigenvalue weighted by Gasteiger charge is -2.10. The highest BCUT2D eigenvalue weighted by atomic mass is 79.9. The molecule has 0 spiro atoms. The first-order valence-electron chi connectivity index (χ1n) is 6.20. The van der Waals surface area contributed by atoms with Crippen LogP contribution in [-0.4, -0.2) is 0 Å². The van der Waals surface area contributed by atoms with Crippen molar-refractivity contribution in [2.45, 2.75) is 11.8 Å². The highest BCUT2D eigenvalue weighted by Gasteiger charge is 2.15. The Hall–Kier alpha value is -0.350. The number of benzene rings is 2. The number of rotatable bonds is 3. The van der Waals surface area contributed by atoms with E-state index in [1.807, 2.05) is 0 Å². The van der Waals surface area contributed by atoms with Gasteiger partial charge in [0.05, 0.1) is 9.16 Å². The Morgan fingerprint density at radius 1 is 1.05 bits per heavy atom. The molecule has 0 saturated carbocycles. The van der Waals surface area contributed by atoms with Crippen LogP contribution in [0.4, 0.5) is 0 Å². The molecule has 0 radical (unpaired) electrons. The molecule has 0 saturated heterocycles. The second kappa shape index (κ2) is 6.18. The molecule has 1 aromatic heterocycles. The summed E-state index contributed by atoms with van der Waals surface area (Å²) in [6.07, 6.45) is 0.836. The van der Waals surface area contributed by atoms with Crippen LogP contribution < -0.4 is 0 Å². The molecular weight excluding hydrogens is 420 g/mol. The molecule has 0 fully saturated rings. The molecule has 0 aliphatic carbocycles. The van der Waals surface area contributed by atoms with Crippen molar-refractivity contribution >= 4 is 65.6 Å². The molecule has 4 heteroatoms. The molecule has 0 bridgehead atoms. The number of alkyl halides is 1. The van der Waals surface area contributed by atoms with Gasteiger partial charge in [0.1, 0.15) is 0 Å². The zero-order chi connectivity index (χ0) is 14.1. The lowest BCUT2D eigenvalue weighted by Crippen LogP contribution is -1.94. The Bertz CT molecular complexity index is 726. The predicted molar refractivity (Wildman–Crippen MR) is 96.0 cm³/mol. The minimum atomic E-state index is -0.00611. The maximum absolute atomic E-state index is 6.60. The van der Waals surface area contributed by atoms with Gasteiger partial charge in [-0.2, -0.15) is 0 Å². The third-order valence-electron chi connectivity index (χ3n) is 3.25. The molecule has 0 aliphatic rings. The Morgan fingerprint density at radius 3 is 2.55 bits per heavy atom. The van der Waals surface area contributed by atoms with E-state index in [-0.39, 0.29) is 5.38 Å². The fraction of sp³-hybridized carbons (Fsp3) is 0.125. The molecule has 1 unspecified atom stereocenters. The lowest BCUT2D eigenvalue weighted by molar-refractivity contribution is 0.948. The zero-order valence-electron chi connectivity index (χ0n) is 10.4. The zero-order valence-corrected chi connectivity index (χ0v) is 15.2. The van der Waals surface area contributed by atoms with Gasteiger partial charge in [-0.1, -0.05) is 42.5 Å². The van der Waals surface area contributed by atoms with Gasteiger partial charge in [-0.15, -0.1) is 22.9 Å². The van der Waals surface area contributed by atoms with Crippen LogP contribution in [0.3, 0.4) is 0 Å². The molecule has 20 heavy (non-hydrogen) atoms. The Kier molecular flexibility index (Phi) is 4.51. The van der Waals surface area contributed by atoms with Crippen LogP contribution in [-0.2, 0) is 6.42 Å². The summed E-state index contributed by atoms with van der Waals surface area (Å²) in [4.78, 5) is 1.18.